The number of ketones is 1. The predicted molar refractivity (Wildman–Crippen MR) is 116 cm³/mol. The number of hydrogen-bond donors (Lipinski definition) is 0. The molecular weight excluding hydrogens is 348 g/mol. The normalized spacial score (nSPS) is 12.0. The Labute approximate surface area is 168 Å². The molecule has 0 aliphatic rings. The quantitative estimate of drug-likeness (QED) is 0.456. The Morgan fingerprint density at radius 3 is 1.68 bits per heavy atom. The molecule has 5 nitrogen and oxygen atoms in total. The minimum Gasteiger partial charge on any atom is -0.300 e. The van der Waals surface area contributed by atoms with Crippen molar-refractivity contribution in [1.29, 1.82) is 0 Å². The summed E-state index contributed by atoms with van der Waals surface area (Å²) >= 11 is 0. The summed E-state index contributed by atoms with van der Waals surface area (Å²) in [5, 5.41) is 13.1. The van der Waals surface area contributed by atoms with Crippen molar-refractivity contribution in [2.45, 2.75) is 39.8 Å². The first kappa shape index (κ1) is 21.4. The summed E-state index contributed by atoms with van der Waals surface area (Å²) in [6.07, 6.45) is 0.923. The van der Waals surface area contributed by atoms with Gasteiger partial charge >= 0.3 is 0 Å². The van der Waals surface area contributed by atoms with Crippen LogP contribution in [-0.2, 0) is 17.9 Å². The SMILES string of the molecule is CC(=O)CC(CC(C)=NN(C)Cc1ccccc1)=NN(C)Cc1ccccc1. The van der Waals surface area contributed by atoms with Crippen molar-refractivity contribution in [3.05, 3.63) is 71.8 Å². The average molecular weight is 379 g/mol. The van der Waals surface area contributed by atoms with Crippen molar-refractivity contribution in [1.82, 2.24) is 10.0 Å². The number of hydrazone groups is 2. The second-order valence-corrected chi connectivity index (χ2v) is 7.16. The first-order valence-electron chi connectivity index (χ1n) is 9.52. The highest BCUT2D eigenvalue weighted by atomic mass is 16.1. The van der Waals surface area contributed by atoms with E-state index in [1.807, 2.05) is 67.4 Å². The first-order valence-corrected chi connectivity index (χ1v) is 9.52. The second kappa shape index (κ2) is 11.0. The molecule has 0 radical (unpaired) electrons. The molecule has 0 heterocycles. The molecule has 28 heavy (non-hydrogen) atoms. The third-order valence-corrected chi connectivity index (χ3v) is 4.07. The number of hydrogen-bond acceptors (Lipinski definition) is 5. The van der Waals surface area contributed by atoms with E-state index in [0.29, 0.717) is 19.4 Å². The van der Waals surface area contributed by atoms with Gasteiger partial charge in [0.15, 0.2) is 0 Å². The Morgan fingerprint density at radius 2 is 1.21 bits per heavy atom. The molecule has 0 unspecified atom stereocenters. The Balaban J connectivity index is 2.02. The molecule has 0 aromatic heterocycles. The molecule has 0 saturated heterocycles. The van der Waals surface area contributed by atoms with E-state index in [-0.39, 0.29) is 5.78 Å². The number of nitrogens with zero attached hydrogens (tertiary/aromatic N) is 4. The highest BCUT2D eigenvalue weighted by Gasteiger charge is 2.09. The van der Waals surface area contributed by atoms with Gasteiger partial charge < -0.3 is 0 Å². The molecule has 0 N–H and O–H groups in total. The van der Waals surface area contributed by atoms with Crippen LogP contribution < -0.4 is 0 Å². The number of carbonyl (C=O) groups is 1. The van der Waals surface area contributed by atoms with E-state index in [1.54, 1.807) is 6.92 Å². The van der Waals surface area contributed by atoms with Crippen molar-refractivity contribution >= 4 is 17.2 Å². The number of benzene rings is 2. The van der Waals surface area contributed by atoms with E-state index in [1.165, 1.54) is 11.1 Å². The van der Waals surface area contributed by atoms with Crippen molar-refractivity contribution < 1.29 is 4.79 Å². The highest BCUT2D eigenvalue weighted by Crippen LogP contribution is 2.07. The van der Waals surface area contributed by atoms with Crippen molar-refractivity contribution in [3.8, 4) is 0 Å². The molecule has 5 heteroatoms. The predicted octanol–water partition coefficient (Wildman–Crippen LogP) is 4.35. The molecule has 2 aromatic rings. The summed E-state index contributed by atoms with van der Waals surface area (Å²) in [6.45, 7) is 5.02. The fourth-order valence-corrected chi connectivity index (χ4v) is 3.05. The smallest absolute Gasteiger partial charge is 0.135 e. The molecule has 0 bridgehead atoms. The van der Waals surface area contributed by atoms with Crippen LogP contribution in [-0.4, -0.2) is 41.3 Å². The largest absolute Gasteiger partial charge is 0.300 e. The molecule has 2 rings (SSSR count). The van der Waals surface area contributed by atoms with Gasteiger partial charge in [0.05, 0.1) is 18.8 Å². The zero-order valence-electron chi connectivity index (χ0n) is 17.3. The van der Waals surface area contributed by atoms with E-state index in [4.69, 9.17) is 0 Å². The van der Waals surface area contributed by atoms with Gasteiger partial charge in [-0.25, -0.2) is 0 Å². The Kier molecular flexibility index (Phi) is 8.40. The lowest BCUT2D eigenvalue weighted by Crippen LogP contribution is -2.19. The minimum absolute atomic E-state index is 0.109. The van der Waals surface area contributed by atoms with Gasteiger partial charge in [-0.05, 0) is 25.0 Å². The fourth-order valence-electron chi connectivity index (χ4n) is 3.05. The molecule has 0 saturated carbocycles. The van der Waals surface area contributed by atoms with Crippen molar-refractivity contribution in [3.63, 3.8) is 0 Å². The molecule has 0 amide bonds. The van der Waals surface area contributed by atoms with E-state index in [2.05, 4.69) is 34.5 Å². The second-order valence-electron chi connectivity index (χ2n) is 7.16. The maximum Gasteiger partial charge on any atom is 0.135 e. The summed E-state index contributed by atoms with van der Waals surface area (Å²) in [7, 11) is 3.89. The van der Waals surface area contributed by atoms with E-state index >= 15 is 0 Å². The van der Waals surface area contributed by atoms with E-state index in [0.717, 1.165) is 18.0 Å². The topological polar surface area (TPSA) is 48.3 Å². The first-order chi connectivity index (χ1) is 13.4. The van der Waals surface area contributed by atoms with E-state index in [9.17, 15) is 4.79 Å². The van der Waals surface area contributed by atoms with Gasteiger partial charge in [0.25, 0.3) is 0 Å². The molecule has 0 fully saturated rings. The fraction of sp³-hybridized carbons (Fsp3) is 0.348. The van der Waals surface area contributed by atoms with Crippen LogP contribution in [0.2, 0.25) is 0 Å². The van der Waals surface area contributed by atoms with Crippen LogP contribution in [0, 0.1) is 0 Å². The van der Waals surface area contributed by atoms with Crippen LogP contribution in [0.4, 0.5) is 0 Å². The molecule has 0 spiro atoms. The van der Waals surface area contributed by atoms with Gasteiger partial charge in [-0.15, -0.1) is 0 Å². The van der Waals surface area contributed by atoms with Gasteiger partial charge in [-0.3, -0.25) is 14.8 Å². The van der Waals surface area contributed by atoms with Crippen molar-refractivity contribution in [2.75, 3.05) is 14.1 Å². The molecule has 0 aliphatic carbocycles. The third-order valence-electron chi connectivity index (χ3n) is 4.07. The number of rotatable bonds is 10. The van der Waals surface area contributed by atoms with Crippen LogP contribution in [0.3, 0.4) is 0 Å². The lowest BCUT2D eigenvalue weighted by atomic mass is 10.1. The van der Waals surface area contributed by atoms with Gasteiger partial charge in [0.1, 0.15) is 5.78 Å². The monoisotopic (exact) mass is 378 g/mol. The van der Waals surface area contributed by atoms with Crippen LogP contribution >= 0.6 is 0 Å². The summed E-state index contributed by atoms with van der Waals surface area (Å²) in [6, 6.07) is 20.4. The summed E-state index contributed by atoms with van der Waals surface area (Å²) in [5.41, 5.74) is 4.16. The summed E-state index contributed by atoms with van der Waals surface area (Å²) < 4.78 is 0. The van der Waals surface area contributed by atoms with Gasteiger partial charge in [-0.1, -0.05) is 60.7 Å². The zero-order valence-corrected chi connectivity index (χ0v) is 17.3. The Morgan fingerprint density at radius 1 is 0.750 bits per heavy atom. The van der Waals surface area contributed by atoms with Crippen LogP contribution in [0.5, 0.6) is 0 Å². The molecule has 2 aromatic carbocycles. The lowest BCUT2D eigenvalue weighted by molar-refractivity contribution is -0.115. The zero-order chi connectivity index (χ0) is 20.4. The van der Waals surface area contributed by atoms with Crippen LogP contribution in [0.1, 0.15) is 37.8 Å². The molecule has 148 valence electrons. The maximum absolute atomic E-state index is 11.7. The van der Waals surface area contributed by atoms with Crippen LogP contribution in [0.25, 0.3) is 0 Å². The average Bonchev–Trinajstić information content (AvgIpc) is 2.62. The van der Waals surface area contributed by atoms with Gasteiger partial charge in [0.2, 0.25) is 0 Å². The Bertz CT molecular complexity index is 800. The van der Waals surface area contributed by atoms with E-state index < -0.39 is 0 Å². The molecular formula is C23H30N4O. The van der Waals surface area contributed by atoms with Gasteiger partial charge in [-0.2, -0.15) is 10.2 Å². The standard InChI is InChI=1S/C23H30N4O/c1-19(24-26(3)17-21-11-7-5-8-12-21)15-23(16-20(2)28)25-27(4)18-22-13-9-6-10-14-22/h5-14H,15-18H2,1-4H3. The Hall–Kier alpha value is -2.95. The molecule has 0 atom stereocenters. The highest BCUT2D eigenvalue weighted by molar-refractivity contribution is 6.10. The minimum atomic E-state index is 0.109. The summed E-state index contributed by atoms with van der Waals surface area (Å²) in [5.74, 6) is 0.109. The summed E-state index contributed by atoms with van der Waals surface area (Å²) in [4.78, 5) is 11.7. The molecule has 0 aliphatic heterocycles. The van der Waals surface area contributed by atoms with Crippen molar-refractivity contribution in [2.24, 2.45) is 10.2 Å². The van der Waals surface area contributed by atoms with Gasteiger partial charge in [0, 0.05) is 32.6 Å². The lowest BCUT2D eigenvalue weighted by Gasteiger charge is -2.17. The van der Waals surface area contributed by atoms with Crippen LogP contribution in [0.15, 0.2) is 70.9 Å². The third kappa shape index (κ3) is 8.16. The maximum atomic E-state index is 11.7. The number of Topliss-reactive ketones (excluding diaryl/α,β-unsaturated/α-hetero) is 1. The number of carbonyl (C=O) groups excluding carboxylic acids is 1.